The van der Waals surface area contributed by atoms with Crippen LogP contribution in [0.5, 0.6) is 0 Å². The van der Waals surface area contributed by atoms with Gasteiger partial charge in [-0.15, -0.1) is 0 Å². The van der Waals surface area contributed by atoms with Gasteiger partial charge in [-0.3, -0.25) is 14.4 Å². The second-order valence-corrected chi connectivity index (χ2v) is 20.9. The lowest BCUT2D eigenvalue weighted by atomic mass is 10.0. The first-order valence-corrected chi connectivity index (χ1v) is 31.6. The van der Waals surface area contributed by atoms with Crippen molar-refractivity contribution < 1.29 is 28.6 Å². The van der Waals surface area contributed by atoms with Gasteiger partial charge in [0, 0.05) is 19.3 Å². The number of allylic oxidation sites excluding steroid dienone is 14. The Labute approximate surface area is 458 Å². The summed E-state index contributed by atoms with van der Waals surface area (Å²) in [5, 5.41) is 0. The molecule has 6 nitrogen and oxygen atoms in total. The van der Waals surface area contributed by atoms with Gasteiger partial charge < -0.3 is 14.2 Å². The van der Waals surface area contributed by atoms with Crippen LogP contribution in [0.2, 0.25) is 0 Å². The highest BCUT2D eigenvalue weighted by Gasteiger charge is 2.19. The molecule has 0 bridgehead atoms. The number of esters is 3. The van der Waals surface area contributed by atoms with E-state index in [1.807, 2.05) is 0 Å². The first-order chi connectivity index (χ1) is 36.5. The summed E-state index contributed by atoms with van der Waals surface area (Å²) in [6, 6.07) is 0. The van der Waals surface area contributed by atoms with Crippen LogP contribution in [0.15, 0.2) is 85.1 Å². The highest BCUT2D eigenvalue weighted by Crippen LogP contribution is 2.17. The fourth-order valence-corrected chi connectivity index (χ4v) is 8.98. The third-order valence-electron chi connectivity index (χ3n) is 13.6. The summed E-state index contributed by atoms with van der Waals surface area (Å²) in [5.41, 5.74) is 0. The smallest absolute Gasteiger partial charge is 0.306 e. The SMILES string of the molecule is CC/C=C\C/C=C\C/C=C\C/C=C\CCCCCCCCCCCCCCC(=O)OCC(COC(=O)CCCCCCC/C=C\C/C=C\C/C=C\CC)OC(=O)CCCCCCCCCCCCCCCCCC. The molecule has 6 heteroatoms. The van der Waals surface area contributed by atoms with Crippen LogP contribution in [0, 0.1) is 0 Å². The van der Waals surface area contributed by atoms with E-state index in [2.05, 4.69) is 106 Å². The predicted octanol–water partition coefficient (Wildman–Crippen LogP) is 21.5. The Morgan fingerprint density at radius 3 is 0.824 bits per heavy atom. The van der Waals surface area contributed by atoms with Gasteiger partial charge in [0.05, 0.1) is 0 Å². The Hall–Kier alpha value is -3.41. The van der Waals surface area contributed by atoms with Crippen LogP contribution in [0.1, 0.15) is 310 Å². The van der Waals surface area contributed by atoms with Crippen LogP contribution < -0.4 is 0 Å². The number of carbonyl (C=O) groups excluding carboxylic acids is 3. The Kier molecular flexibility index (Phi) is 59.3. The molecular formula is C68H118O6. The van der Waals surface area contributed by atoms with E-state index >= 15 is 0 Å². The molecule has 0 rings (SSSR count). The van der Waals surface area contributed by atoms with Crippen LogP contribution in [0.3, 0.4) is 0 Å². The molecule has 0 radical (unpaired) electrons. The maximum absolute atomic E-state index is 12.9. The van der Waals surface area contributed by atoms with Gasteiger partial charge in [-0.05, 0) is 89.9 Å². The number of unbranched alkanes of at least 4 members (excludes halogenated alkanes) is 32. The predicted molar refractivity (Wildman–Crippen MR) is 321 cm³/mol. The molecule has 1 unspecified atom stereocenters. The molecule has 0 aliphatic rings. The molecule has 0 fully saturated rings. The number of rotatable bonds is 57. The lowest BCUT2D eigenvalue weighted by molar-refractivity contribution is -0.167. The number of hydrogen-bond donors (Lipinski definition) is 0. The molecule has 0 heterocycles. The Bertz CT molecular complexity index is 1420. The fraction of sp³-hybridized carbons (Fsp3) is 0.750. The summed E-state index contributed by atoms with van der Waals surface area (Å²) in [4.78, 5) is 38.3. The van der Waals surface area contributed by atoms with Crippen LogP contribution in [-0.4, -0.2) is 37.2 Å². The Balaban J connectivity index is 4.31. The van der Waals surface area contributed by atoms with Crippen LogP contribution >= 0.6 is 0 Å². The average Bonchev–Trinajstić information content (AvgIpc) is 3.40. The average molecular weight is 1030 g/mol. The monoisotopic (exact) mass is 1030 g/mol. The number of ether oxygens (including phenoxy) is 3. The van der Waals surface area contributed by atoms with E-state index in [1.54, 1.807) is 0 Å². The van der Waals surface area contributed by atoms with Crippen molar-refractivity contribution in [1.82, 2.24) is 0 Å². The lowest BCUT2D eigenvalue weighted by Gasteiger charge is -2.18. The molecule has 0 spiro atoms. The molecule has 0 aliphatic heterocycles. The van der Waals surface area contributed by atoms with E-state index in [4.69, 9.17) is 14.2 Å². The summed E-state index contributed by atoms with van der Waals surface area (Å²) in [7, 11) is 0. The quantitative estimate of drug-likeness (QED) is 0.0261. The van der Waals surface area contributed by atoms with E-state index in [1.165, 1.54) is 148 Å². The molecule has 0 saturated carbocycles. The molecule has 74 heavy (non-hydrogen) atoms. The molecular weight excluding hydrogens is 913 g/mol. The summed E-state index contributed by atoms with van der Waals surface area (Å²) in [6.45, 7) is 6.44. The molecule has 0 aromatic carbocycles. The van der Waals surface area contributed by atoms with Crippen molar-refractivity contribution in [2.24, 2.45) is 0 Å². The van der Waals surface area contributed by atoms with E-state index in [-0.39, 0.29) is 31.1 Å². The highest BCUT2D eigenvalue weighted by atomic mass is 16.6. The molecule has 0 aliphatic carbocycles. The summed E-state index contributed by atoms with van der Waals surface area (Å²) >= 11 is 0. The largest absolute Gasteiger partial charge is 0.462 e. The molecule has 0 aromatic heterocycles. The standard InChI is InChI=1S/C68H118O6/c1-4-7-10-13-16-19-22-25-28-30-31-32-33-34-35-36-37-38-41-43-46-49-52-55-58-61-67(70)73-64-65(63-72-66(69)60-57-54-51-48-45-42-39-27-24-21-18-15-12-9-6-3)74-68(71)62-59-56-53-50-47-44-40-29-26-23-20-17-14-11-8-5-2/h7,9-10,12,16,18-19,21,25,27-28,31-32,39,65H,4-6,8,11,13-15,17,20,22-24,26,29-30,33-38,40-64H2,1-3H3/b10-7-,12-9-,19-16-,21-18-,28-25-,32-31-,39-27-. The minimum Gasteiger partial charge on any atom is -0.462 e. The topological polar surface area (TPSA) is 78.9 Å². The normalized spacial score (nSPS) is 12.6. The maximum Gasteiger partial charge on any atom is 0.306 e. The van der Waals surface area contributed by atoms with Crippen LogP contribution in [0.4, 0.5) is 0 Å². The van der Waals surface area contributed by atoms with Gasteiger partial charge in [0.1, 0.15) is 13.2 Å². The zero-order chi connectivity index (χ0) is 53.6. The van der Waals surface area contributed by atoms with Crippen molar-refractivity contribution in [1.29, 1.82) is 0 Å². The molecule has 426 valence electrons. The summed E-state index contributed by atoms with van der Waals surface area (Å²) in [5.74, 6) is -0.885. The Morgan fingerprint density at radius 2 is 0.527 bits per heavy atom. The van der Waals surface area contributed by atoms with Gasteiger partial charge in [-0.25, -0.2) is 0 Å². The van der Waals surface area contributed by atoms with Crippen molar-refractivity contribution in [3.05, 3.63) is 85.1 Å². The molecule has 0 saturated heterocycles. The van der Waals surface area contributed by atoms with Gasteiger partial charge in [0.25, 0.3) is 0 Å². The fourth-order valence-electron chi connectivity index (χ4n) is 8.98. The zero-order valence-corrected chi connectivity index (χ0v) is 48.8. The second kappa shape index (κ2) is 62.1. The highest BCUT2D eigenvalue weighted by molar-refractivity contribution is 5.71. The van der Waals surface area contributed by atoms with Gasteiger partial charge >= 0.3 is 17.9 Å². The van der Waals surface area contributed by atoms with E-state index in [9.17, 15) is 14.4 Å². The number of carbonyl (C=O) groups is 3. The van der Waals surface area contributed by atoms with Crippen LogP contribution in [-0.2, 0) is 28.6 Å². The number of hydrogen-bond acceptors (Lipinski definition) is 6. The van der Waals surface area contributed by atoms with E-state index < -0.39 is 6.10 Å². The van der Waals surface area contributed by atoms with Gasteiger partial charge in [-0.2, -0.15) is 0 Å². The van der Waals surface area contributed by atoms with Crippen molar-refractivity contribution in [2.75, 3.05) is 13.2 Å². The third kappa shape index (κ3) is 59.5. The van der Waals surface area contributed by atoms with E-state index in [0.29, 0.717) is 19.3 Å². The first-order valence-electron chi connectivity index (χ1n) is 31.6. The second-order valence-electron chi connectivity index (χ2n) is 20.9. The molecule has 0 N–H and O–H groups in total. The maximum atomic E-state index is 12.9. The zero-order valence-electron chi connectivity index (χ0n) is 48.8. The van der Waals surface area contributed by atoms with Gasteiger partial charge in [-0.1, -0.05) is 286 Å². The van der Waals surface area contributed by atoms with E-state index in [0.717, 1.165) is 122 Å². The molecule has 1 atom stereocenters. The minimum absolute atomic E-state index is 0.0802. The summed E-state index contributed by atoms with van der Waals surface area (Å²) in [6.07, 6.45) is 81.6. The molecule has 0 amide bonds. The van der Waals surface area contributed by atoms with Crippen LogP contribution in [0.25, 0.3) is 0 Å². The van der Waals surface area contributed by atoms with Crippen molar-refractivity contribution in [3.8, 4) is 0 Å². The Morgan fingerprint density at radius 1 is 0.284 bits per heavy atom. The van der Waals surface area contributed by atoms with Crippen molar-refractivity contribution in [2.45, 2.75) is 316 Å². The first kappa shape index (κ1) is 70.6. The van der Waals surface area contributed by atoms with Gasteiger partial charge in [0.2, 0.25) is 0 Å². The third-order valence-corrected chi connectivity index (χ3v) is 13.6. The molecule has 0 aromatic rings. The summed E-state index contributed by atoms with van der Waals surface area (Å²) < 4.78 is 16.9. The minimum atomic E-state index is -0.783. The lowest BCUT2D eigenvalue weighted by Crippen LogP contribution is -2.30. The van der Waals surface area contributed by atoms with Gasteiger partial charge in [0.15, 0.2) is 6.10 Å². The van der Waals surface area contributed by atoms with Crippen molar-refractivity contribution in [3.63, 3.8) is 0 Å². The van der Waals surface area contributed by atoms with Crippen molar-refractivity contribution >= 4 is 17.9 Å².